The number of nitrogens with zero attached hydrogens (tertiary/aromatic N) is 1. The molecule has 7 nitrogen and oxygen atoms in total. The summed E-state index contributed by atoms with van der Waals surface area (Å²) >= 11 is 7.39. The van der Waals surface area contributed by atoms with E-state index in [1.165, 1.54) is 30.0 Å². The fourth-order valence-corrected chi connectivity index (χ4v) is 4.33. The summed E-state index contributed by atoms with van der Waals surface area (Å²) in [5.74, 6) is -2.36. The number of hydrogen-bond donors (Lipinski definition) is 3. The summed E-state index contributed by atoms with van der Waals surface area (Å²) in [5, 5.41) is 5.86. The van der Waals surface area contributed by atoms with E-state index in [9.17, 15) is 18.8 Å². The molecule has 0 spiro atoms. The SMILES string of the molecule is O=C1CC(C(=O)Nc2ccccc2F)c2c(nc(SCc3ccccc3Cl)[nH]c2=O)N1. The molecule has 3 aromatic rings. The molecule has 1 atom stereocenters. The molecule has 0 fully saturated rings. The molecule has 4 rings (SSSR count). The van der Waals surface area contributed by atoms with Crippen molar-refractivity contribution >= 4 is 46.7 Å². The fraction of sp³-hybridized carbons (Fsp3) is 0.143. The van der Waals surface area contributed by atoms with Crippen LogP contribution >= 0.6 is 23.4 Å². The number of anilines is 2. The molecule has 2 amide bonds. The first-order valence-corrected chi connectivity index (χ1v) is 10.6. The number of rotatable bonds is 5. The van der Waals surface area contributed by atoms with Crippen molar-refractivity contribution in [3.05, 3.63) is 80.9 Å². The van der Waals surface area contributed by atoms with Gasteiger partial charge in [0.2, 0.25) is 11.8 Å². The number of amides is 2. The lowest BCUT2D eigenvalue weighted by molar-refractivity contribution is -0.123. The molecule has 0 bridgehead atoms. The molecule has 1 unspecified atom stereocenters. The monoisotopic (exact) mass is 458 g/mol. The standard InChI is InChI=1S/C21H16ClFN4O3S/c22-13-6-2-1-5-11(13)10-31-21-26-18-17(20(30)27-21)12(9-16(28)25-18)19(29)24-15-8-4-3-7-14(15)23/h1-8,12H,9-10H2,(H,24,29)(H2,25,26,27,28,30). The smallest absolute Gasteiger partial charge is 0.257 e. The van der Waals surface area contributed by atoms with E-state index >= 15 is 0 Å². The number of para-hydroxylation sites is 1. The zero-order valence-electron chi connectivity index (χ0n) is 15.9. The number of aromatic nitrogens is 2. The highest BCUT2D eigenvalue weighted by Crippen LogP contribution is 2.31. The van der Waals surface area contributed by atoms with Crippen LogP contribution in [0.1, 0.15) is 23.5 Å². The number of H-pyrrole nitrogens is 1. The highest BCUT2D eigenvalue weighted by Gasteiger charge is 2.35. The van der Waals surface area contributed by atoms with Gasteiger partial charge in [0.25, 0.3) is 5.56 Å². The zero-order chi connectivity index (χ0) is 22.0. The second-order valence-electron chi connectivity index (χ2n) is 6.79. The van der Waals surface area contributed by atoms with E-state index in [2.05, 4.69) is 20.6 Å². The van der Waals surface area contributed by atoms with Crippen LogP contribution in [0.25, 0.3) is 0 Å². The Labute approximate surface area is 185 Å². The molecule has 1 aromatic heterocycles. The maximum absolute atomic E-state index is 13.9. The van der Waals surface area contributed by atoms with Crippen LogP contribution in [0.3, 0.4) is 0 Å². The Hall–Kier alpha value is -3.17. The van der Waals surface area contributed by atoms with Crippen molar-refractivity contribution in [3.63, 3.8) is 0 Å². The number of fused-ring (bicyclic) bond motifs is 1. The lowest BCUT2D eigenvalue weighted by Crippen LogP contribution is -2.36. The summed E-state index contributed by atoms with van der Waals surface area (Å²) in [6.07, 6.45) is -0.246. The van der Waals surface area contributed by atoms with Crippen LogP contribution in [0.15, 0.2) is 58.5 Å². The van der Waals surface area contributed by atoms with Crippen LogP contribution in [0.5, 0.6) is 0 Å². The number of benzene rings is 2. The molecule has 2 aromatic carbocycles. The van der Waals surface area contributed by atoms with E-state index < -0.39 is 29.1 Å². The van der Waals surface area contributed by atoms with Gasteiger partial charge in [-0.15, -0.1) is 0 Å². The third kappa shape index (κ3) is 4.62. The van der Waals surface area contributed by atoms with Crippen molar-refractivity contribution in [1.29, 1.82) is 0 Å². The van der Waals surface area contributed by atoms with Crippen molar-refractivity contribution in [3.8, 4) is 0 Å². The van der Waals surface area contributed by atoms with Crippen LogP contribution in [0, 0.1) is 5.82 Å². The quantitative estimate of drug-likeness (QED) is 0.397. The van der Waals surface area contributed by atoms with Gasteiger partial charge in [-0.2, -0.15) is 0 Å². The Kier molecular flexibility index (Phi) is 6.06. The number of carbonyl (C=O) groups excluding carboxylic acids is 2. The van der Waals surface area contributed by atoms with E-state index in [1.807, 2.05) is 18.2 Å². The van der Waals surface area contributed by atoms with E-state index in [0.717, 1.165) is 5.56 Å². The Morgan fingerprint density at radius 3 is 2.71 bits per heavy atom. The number of thioether (sulfide) groups is 1. The lowest BCUT2D eigenvalue weighted by atomic mass is 9.92. The van der Waals surface area contributed by atoms with Gasteiger partial charge in [-0.25, -0.2) is 9.37 Å². The highest BCUT2D eigenvalue weighted by atomic mass is 35.5. The van der Waals surface area contributed by atoms with Gasteiger partial charge in [-0.3, -0.25) is 14.4 Å². The number of aromatic amines is 1. The molecule has 1 aliphatic heterocycles. The van der Waals surface area contributed by atoms with Gasteiger partial charge in [0.15, 0.2) is 5.16 Å². The van der Waals surface area contributed by atoms with Crippen LogP contribution in [0.2, 0.25) is 5.02 Å². The second-order valence-corrected chi connectivity index (χ2v) is 8.16. The summed E-state index contributed by atoms with van der Waals surface area (Å²) in [6, 6.07) is 12.9. The van der Waals surface area contributed by atoms with E-state index in [0.29, 0.717) is 10.8 Å². The Balaban J connectivity index is 1.59. The zero-order valence-corrected chi connectivity index (χ0v) is 17.5. The third-order valence-corrected chi connectivity index (χ3v) is 5.99. The van der Waals surface area contributed by atoms with Crippen LogP contribution < -0.4 is 16.2 Å². The maximum atomic E-state index is 13.9. The fourth-order valence-electron chi connectivity index (χ4n) is 3.19. The number of hydrogen-bond acceptors (Lipinski definition) is 5. The Morgan fingerprint density at radius 1 is 1.19 bits per heavy atom. The lowest BCUT2D eigenvalue weighted by Gasteiger charge is -2.23. The average molecular weight is 459 g/mol. The van der Waals surface area contributed by atoms with Crippen LogP contribution in [-0.2, 0) is 15.3 Å². The normalized spacial score (nSPS) is 15.2. The van der Waals surface area contributed by atoms with Crippen LogP contribution in [-0.4, -0.2) is 21.8 Å². The van der Waals surface area contributed by atoms with Gasteiger partial charge >= 0.3 is 0 Å². The molecule has 0 aliphatic carbocycles. The minimum atomic E-state index is -1.10. The molecule has 1 aliphatic rings. The third-order valence-electron chi connectivity index (χ3n) is 4.70. The largest absolute Gasteiger partial charge is 0.323 e. The van der Waals surface area contributed by atoms with E-state index in [4.69, 9.17) is 11.6 Å². The minimum absolute atomic E-state index is 0.0235. The van der Waals surface area contributed by atoms with Crippen LogP contribution in [0.4, 0.5) is 15.9 Å². The molecular weight excluding hydrogens is 443 g/mol. The first-order chi connectivity index (χ1) is 14.9. The van der Waals surface area contributed by atoms with Crippen molar-refractivity contribution < 1.29 is 14.0 Å². The van der Waals surface area contributed by atoms with Crippen molar-refractivity contribution in [1.82, 2.24) is 9.97 Å². The van der Waals surface area contributed by atoms with Gasteiger partial charge in [0, 0.05) is 17.2 Å². The summed E-state index contributed by atoms with van der Waals surface area (Å²) in [7, 11) is 0. The van der Waals surface area contributed by atoms with Gasteiger partial charge in [-0.1, -0.05) is 53.7 Å². The van der Waals surface area contributed by atoms with Gasteiger partial charge in [0.05, 0.1) is 17.2 Å². The summed E-state index contributed by atoms with van der Waals surface area (Å²) < 4.78 is 13.9. The Bertz CT molecular complexity index is 1230. The Morgan fingerprint density at radius 2 is 1.94 bits per heavy atom. The first kappa shape index (κ1) is 21.1. The van der Waals surface area contributed by atoms with Gasteiger partial charge in [0.1, 0.15) is 11.6 Å². The molecule has 10 heteroatoms. The summed E-state index contributed by atoms with van der Waals surface area (Å²) in [6.45, 7) is 0. The molecule has 2 heterocycles. The van der Waals surface area contributed by atoms with Gasteiger partial charge in [-0.05, 0) is 23.8 Å². The molecule has 158 valence electrons. The van der Waals surface area contributed by atoms with E-state index in [1.54, 1.807) is 12.1 Å². The summed E-state index contributed by atoms with van der Waals surface area (Å²) in [5.41, 5.74) is 0.327. The molecule has 0 saturated carbocycles. The predicted molar refractivity (Wildman–Crippen MR) is 117 cm³/mol. The minimum Gasteiger partial charge on any atom is -0.323 e. The maximum Gasteiger partial charge on any atom is 0.257 e. The highest BCUT2D eigenvalue weighted by molar-refractivity contribution is 7.98. The first-order valence-electron chi connectivity index (χ1n) is 9.28. The summed E-state index contributed by atoms with van der Waals surface area (Å²) in [4.78, 5) is 44.6. The molecule has 0 saturated heterocycles. The van der Waals surface area contributed by atoms with E-state index in [-0.39, 0.29) is 28.6 Å². The predicted octanol–water partition coefficient (Wildman–Crippen LogP) is 3.92. The number of carbonyl (C=O) groups is 2. The number of halogens is 2. The molecule has 3 N–H and O–H groups in total. The molecular formula is C21H16ClFN4O3S. The average Bonchev–Trinajstić information content (AvgIpc) is 2.74. The van der Waals surface area contributed by atoms with Crippen molar-refractivity contribution in [2.24, 2.45) is 0 Å². The van der Waals surface area contributed by atoms with Gasteiger partial charge < -0.3 is 15.6 Å². The van der Waals surface area contributed by atoms with Crippen molar-refractivity contribution in [2.45, 2.75) is 23.2 Å². The van der Waals surface area contributed by atoms with Crippen molar-refractivity contribution in [2.75, 3.05) is 10.6 Å². The second kappa shape index (κ2) is 8.91. The molecule has 0 radical (unpaired) electrons. The topological polar surface area (TPSA) is 104 Å². The number of nitrogens with one attached hydrogen (secondary N) is 3. The molecule has 31 heavy (non-hydrogen) atoms.